The van der Waals surface area contributed by atoms with Gasteiger partial charge in [0.25, 0.3) is 0 Å². The number of nitrogens with two attached hydrogens (primary N) is 1. The van der Waals surface area contributed by atoms with Gasteiger partial charge in [-0.2, -0.15) is 0 Å². The van der Waals surface area contributed by atoms with E-state index in [1.165, 1.54) is 11.6 Å². The van der Waals surface area contributed by atoms with Gasteiger partial charge in [0.2, 0.25) is 0 Å². The fraction of sp³-hybridized carbons (Fsp3) is 0.250. The molecule has 0 aromatic heterocycles. The van der Waals surface area contributed by atoms with E-state index in [1.54, 1.807) is 6.07 Å². The van der Waals surface area contributed by atoms with Gasteiger partial charge in [-0.05, 0) is 52.9 Å². The number of rotatable bonds is 4. The zero-order valence-electron chi connectivity index (χ0n) is 10.9. The van der Waals surface area contributed by atoms with Crippen LogP contribution in [0.3, 0.4) is 0 Å². The summed E-state index contributed by atoms with van der Waals surface area (Å²) in [5.74, 6) is -0.243. The minimum Gasteiger partial charge on any atom is -0.325 e. The Kier molecular flexibility index (Phi) is 4.38. The summed E-state index contributed by atoms with van der Waals surface area (Å²) < 4.78 is 14.0. The summed E-state index contributed by atoms with van der Waals surface area (Å²) in [5, 5.41) is 0. The monoisotopic (exact) mass is 321 g/mol. The van der Waals surface area contributed by atoms with Gasteiger partial charge in [-0.3, -0.25) is 0 Å². The molecule has 0 aliphatic heterocycles. The highest BCUT2D eigenvalue weighted by Gasteiger charge is 2.21. The molecule has 1 nitrogen and oxygen atoms in total. The lowest BCUT2D eigenvalue weighted by atomic mass is 9.87. The zero-order chi connectivity index (χ0) is 13.9. The predicted molar refractivity (Wildman–Crippen MR) is 80.5 cm³/mol. The first kappa shape index (κ1) is 14.2. The Morgan fingerprint density at radius 2 is 1.74 bits per heavy atom. The van der Waals surface area contributed by atoms with Gasteiger partial charge in [0.1, 0.15) is 5.82 Å². The molecular formula is C16H17BrFN. The summed E-state index contributed by atoms with van der Waals surface area (Å²) in [6.45, 7) is 2.00. The lowest BCUT2D eigenvalue weighted by molar-refractivity contribution is 0.460. The predicted octanol–water partition coefficient (Wildman–Crippen LogP) is 4.09. The fourth-order valence-corrected chi connectivity index (χ4v) is 2.65. The van der Waals surface area contributed by atoms with E-state index in [0.717, 1.165) is 12.0 Å². The van der Waals surface area contributed by atoms with Crippen LogP contribution < -0.4 is 5.73 Å². The first-order chi connectivity index (χ1) is 8.98. The molecule has 0 radical (unpaired) electrons. The van der Waals surface area contributed by atoms with E-state index in [-0.39, 0.29) is 5.82 Å². The van der Waals surface area contributed by atoms with E-state index in [0.29, 0.717) is 10.9 Å². The molecule has 1 unspecified atom stereocenters. The van der Waals surface area contributed by atoms with Crippen molar-refractivity contribution in [2.24, 2.45) is 5.73 Å². The molecule has 0 fully saturated rings. The van der Waals surface area contributed by atoms with Crippen LogP contribution in [0.4, 0.5) is 4.39 Å². The Labute approximate surface area is 121 Å². The molecular weight excluding hydrogens is 305 g/mol. The van der Waals surface area contributed by atoms with Crippen LogP contribution >= 0.6 is 15.9 Å². The lowest BCUT2D eigenvalue weighted by Crippen LogP contribution is -2.41. The van der Waals surface area contributed by atoms with Crippen molar-refractivity contribution in [1.82, 2.24) is 0 Å². The van der Waals surface area contributed by atoms with Crippen LogP contribution in [-0.4, -0.2) is 5.54 Å². The Morgan fingerprint density at radius 3 is 2.42 bits per heavy atom. The highest BCUT2D eigenvalue weighted by Crippen LogP contribution is 2.25. The van der Waals surface area contributed by atoms with Crippen molar-refractivity contribution in [2.45, 2.75) is 25.3 Å². The van der Waals surface area contributed by atoms with Gasteiger partial charge in [-0.25, -0.2) is 4.39 Å². The quantitative estimate of drug-likeness (QED) is 0.901. The standard InChI is InChI=1S/C16H17BrFN/c1-16(19,10-12-6-3-2-4-7-12)11-13-8-5-9-14(18)15(13)17/h2-9H,10-11,19H2,1H3. The molecule has 100 valence electrons. The smallest absolute Gasteiger partial charge is 0.137 e. The average molecular weight is 322 g/mol. The Bertz CT molecular complexity index is 552. The second-order valence-corrected chi connectivity index (χ2v) is 6.00. The van der Waals surface area contributed by atoms with Gasteiger partial charge in [0, 0.05) is 5.54 Å². The maximum absolute atomic E-state index is 13.5. The first-order valence-electron chi connectivity index (χ1n) is 6.24. The molecule has 0 aliphatic carbocycles. The molecule has 2 rings (SSSR count). The topological polar surface area (TPSA) is 26.0 Å². The van der Waals surface area contributed by atoms with E-state index in [9.17, 15) is 4.39 Å². The Hall–Kier alpha value is -1.19. The van der Waals surface area contributed by atoms with Crippen LogP contribution in [0.2, 0.25) is 0 Å². The minimum atomic E-state index is -0.405. The summed E-state index contributed by atoms with van der Waals surface area (Å²) >= 11 is 3.29. The number of hydrogen-bond donors (Lipinski definition) is 1. The second kappa shape index (κ2) is 5.85. The van der Waals surface area contributed by atoms with Crippen molar-refractivity contribution in [3.05, 3.63) is 69.9 Å². The van der Waals surface area contributed by atoms with Crippen molar-refractivity contribution in [3.8, 4) is 0 Å². The average Bonchev–Trinajstić information content (AvgIpc) is 2.35. The van der Waals surface area contributed by atoms with Crippen LogP contribution in [-0.2, 0) is 12.8 Å². The molecule has 2 N–H and O–H groups in total. The van der Waals surface area contributed by atoms with Gasteiger partial charge in [0.05, 0.1) is 4.47 Å². The summed E-state index contributed by atoms with van der Waals surface area (Å²) in [6.07, 6.45) is 1.39. The summed E-state index contributed by atoms with van der Waals surface area (Å²) in [5.41, 5.74) is 8.05. The summed E-state index contributed by atoms with van der Waals surface area (Å²) in [4.78, 5) is 0. The maximum Gasteiger partial charge on any atom is 0.137 e. The van der Waals surface area contributed by atoms with Gasteiger partial charge < -0.3 is 5.73 Å². The zero-order valence-corrected chi connectivity index (χ0v) is 12.5. The molecule has 0 saturated carbocycles. The SMILES string of the molecule is CC(N)(Cc1ccccc1)Cc1cccc(F)c1Br. The molecule has 0 bridgehead atoms. The fourth-order valence-electron chi connectivity index (χ4n) is 2.24. The molecule has 2 aromatic rings. The lowest BCUT2D eigenvalue weighted by Gasteiger charge is -2.25. The first-order valence-corrected chi connectivity index (χ1v) is 7.03. The van der Waals surface area contributed by atoms with Crippen LogP contribution in [0.5, 0.6) is 0 Å². The van der Waals surface area contributed by atoms with Crippen molar-refractivity contribution < 1.29 is 4.39 Å². The van der Waals surface area contributed by atoms with Gasteiger partial charge >= 0.3 is 0 Å². The van der Waals surface area contributed by atoms with Crippen LogP contribution in [0.25, 0.3) is 0 Å². The highest BCUT2D eigenvalue weighted by molar-refractivity contribution is 9.10. The third-order valence-electron chi connectivity index (χ3n) is 3.08. The Balaban J connectivity index is 2.15. The molecule has 0 amide bonds. The second-order valence-electron chi connectivity index (χ2n) is 5.21. The Morgan fingerprint density at radius 1 is 1.05 bits per heavy atom. The van der Waals surface area contributed by atoms with E-state index in [2.05, 4.69) is 28.1 Å². The van der Waals surface area contributed by atoms with Crippen molar-refractivity contribution >= 4 is 15.9 Å². The normalized spacial score (nSPS) is 14.1. The molecule has 0 saturated heterocycles. The molecule has 0 heterocycles. The number of benzene rings is 2. The molecule has 0 spiro atoms. The van der Waals surface area contributed by atoms with Crippen LogP contribution in [0, 0.1) is 5.82 Å². The van der Waals surface area contributed by atoms with Crippen LogP contribution in [0.15, 0.2) is 53.0 Å². The van der Waals surface area contributed by atoms with E-state index < -0.39 is 5.54 Å². The van der Waals surface area contributed by atoms with Gasteiger partial charge in [-0.1, -0.05) is 42.5 Å². The molecule has 3 heteroatoms. The molecule has 2 aromatic carbocycles. The van der Waals surface area contributed by atoms with E-state index in [1.807, 2.05) is 31.2 Å². The van der Waals surface area contributed by atoms with Crippen LogP contribution in [0.1, 0.15) is 18.1 Å². The summed E-state index contributed by atoms with van der Waals surface area (Å²) in [7, 11) is 0. The number of halogens is 2. The van der Waals surface area contributed by atoms with Gasteiger partial charge in [0.15, 0.2) is 0 Å². The number of hydrogen-bond acceptors (Lipinski definition) is 1. The van der Waals surface area contributed by atoms with E-state index in [4.69, 9.17) is 5.73 Å². The minimum absolute atomic E-state index is 0.243. The highest BCUT2D eigenvalue weighted by atomic mass is 79.9. The van der Waals surface area contributed by atoms with Crippen molar-refractivity contribution in [1.29, 1.82) is 0 Å². The largest absolute Gasteiger partial charge is 0.325 e. The molecule has 0 aliphatic rings. The summed E-state index contributed by atoms with van der Waals surface area (Å²) in [6, 6.07) is 15.2. The maximum atomic E-state index is 13.5. The van der Waals surface area contributed by atoms with Crippen molar-refractivity contribution in [2.75, 3.05) is 0 Å². The molecule has 1 atom stereocenters. The van der Waals surface area contributed by atoms with Gasteiger partial charge in [-0.15, -0.1) is 0 Å². The van der Waals surface area contributed by atoms with E-state index >= 15 is 0 Å². The third-order valence-corrected chi connectivity index (χ3v) is 3.96. The third kappa shape index (κ3) is 3.88. The van der Waals surface area contributed by atoms with Crippen molar-refractivity contribution in [3.63, 3.8) is 0 Å². The molecule has 19 heavy (non-hydrogen) atoms.